The summed E-state index contributed by atoms with van der Waals surface area (Å²) in [6, 6.07) is 24.9. The summed E-state index contributed by atoms with van der Waals surface area (Å²) in [5.41, 5.74) is 2.77. The van der Waals surface area contributed by atoms with Gasteiger partial charge in [0.15, 0.2) is 5.78 Å². The van der Waals surface area contributed by atoms with Crippen molar-refractivity contribution >= 4 is 41.1 Å². The summed E-state index contributed by atoms with van der Waals surface area (Å²) in [6.45, 7) is 3.39. The molecule has 0 spiro atoms. The van der Waals surface area contributed by atoms with Crippen molar-refractivity contribution < 1.29 is 23.6 Å². The van der Waals surface area contributed by atoms with E-state index >= 15 is 0 Å². The third kappa shape index (κ3) is 4.50. The number of hydrogen-bond donors (Lipinski definition) is 0. The zero-order valence-corrected chi connectivity index (χ0v) is 20.2. The van der Waals surface area contributed by atoms with Crippen LogP contribution in [0.1, 0.15) is 28.6 Å². The Labute approximate surface area is 213 Å². The molecule has 7 nitrogen and oxygen atoms in total. The summed E-state index contributed by atoms with van der Waals surface area (Å²) >= 11 is 0. The smallest absolute Gasteiger partial charge is 0.343 e. The first kappa shape index (κ1) is 23.7. The lowest BCUT2D eigenvalue weighted by atomic mass is 10.1. The van der Waals surface area contributed by atoms with Crippen LogP contribution >= 0.6 is 0 Å². The Bertz CT molecular complexity index is 1550. The fourth-order valence-electron chi connectivity index (χ4n) is 4.05. The minimum atomic E-state index is -0.757. The number of hydrogen-bond acceptors (Lipinski definition) is 5. The van der Waals surface area contributed by atoms with E-state index in [1.54, 1.807) is 91.0 Å². The van der Waals surface area contributed by atoms with Crippen molar-refractivity contribution in [2.24, 2.45) is 0 Å². The van der Waals surface area contributed by atoms with Crippen LogP contribution in [0.25, 0.3) is 17.4 Å². The van der Waals surface area contributed by atoms with Crippen LogP contribution in [0.3, 0.4) is 0 Å². The molecule has 4 amide bonds. The molecule has 0 atom stereocenters. The number of urea groups is 1. The molecule has 7 heteroatoms. The molecular weight excluding hydrogens is 468 g/mol. The second kappa shape index (κ2) is 9.54. The van der Waals surface area contributed by atoms with Crippen LogP contribution in [-0.4, -0.2) is 23.6 Å². The molecule has 1 aromatic heterocycles. The van der Waals surface area contributed by atoms with Crippen LogP contribution in [0.4, 0.5) is 16.2 Å². The number of imide groups is 2. The second-order valence-electron chi connectivity index (χ2n) is 8.63. The maximum Gasteiger partial charge on any atom is 0.343 e. The van der Waals surface area contributed by atoms with Gasteiger partial charge in [-0.3, -0.25) is 14.4 Å². The summed E-state index contributed by atoms with van der Waals surface area (Å²) in [5.74, 6) is -0.748. The van der Waals surface area contributed by atoms with Crippen molar-refractivity contribution in [3.05, 3.63) is 113 Å². The van der Waals surface area contributed by atoms with Gasteiger partial charge in [0.1, 0.15) is 17.1 Å². The van der Waals surface area contributed by atoms with Gasteiger partial charge >= 0.3 is 6.03 Å². The third-order valence-corrected chi connectivity index (χ3v) is 6.05. The normalized spacial score (nSPS) is 15.0. The topological polar surface area (TPSA) is 87.9 Å². The van der Waals surface area contributed by atoms with Crippen LogP contribution < -0.4 is 9.80 Å². The number of barbiturate groups is 1. The van der Waals surface area contributed by atoms with E-state index in [9.17, 15) is 19.2 Å². The van der Waals surface area contributed by atoms with E-state index in [2.05, 4.69) is 0 Å². The Morgan fingerprint density at radius 2 is 1.32 bits per heavy atom. The van der Waals surface area contributed by atoms with E-state index in [1.807, 2.05) is 6.92 Å². The van der Waals surface area contributed by atoms with E-state index in [0.717, 1.165) is 20.9 Å². The molecule has 2 heterocycles. The zero-order chi connectivity index (χ0) is 26.1. The Balaban J connectivity index is 1.56. The van der Waals surface area contributed by atoms with Gasteiger partial charge in [-0.25, -0.2) is 14.6 Å². The summed E-state index contributed by atoms with van der Waals surface area (Å²) in [6.07, 6.45) is 1.35. The molecule has 1 saturated heterocycles. The van der Waals surface area contributed by atoms with Crippen molar-refractivity contribution in [1.29, 1.82) is 0 Å². The molecule has 1 fully saturated rings. The Morgan fingerprint density at radius 3 is 1.92 bits per heavy atom. The molecule has 0 radical (unpaired) electrons. The number of Topliss-reactive ketones (excluding diaryl/α,β-unsaturated/α-hetero) is 1. The van der Waals surface area contributed by atoms with Crippen molar-refractivity contribution in [3.63, 3.8) is 0 Å². The molecular formula is C30H22N2O5. The first-order chi connectivity index (χ1) is 17.8. The first-order valence-corrected chi connectivity index (χ1v) is 11.6. The van der Waals surface area contributed by atoms with Crippen LogP contribution in [0.5, 0.6) is 0 Å². The van der Waals surface area contributed by atoms with Crippen LogP contribution in [0.15, 0.2) is 101 Å². The van der Waals surface area contributed by atoms with Crippen molar-refractivity contribution in [2.75, 3.05) is 9.80 Å². The molecule has 0 N–H and O–H groups in total. The lowest BCUT2D eigenvalue weighted by Gasteiger charge is -2.33. The quantitative estimate of drug-likeness (QED) is 0.193. The average Bonchev–Trinajstić information content (AvgIpc) is 3.37. The number of para-hydroxylation sites is 1. The standard InChI is InChI=1S/C30H22N2O5/c1-19-8-14-24(15-9-19)32-29(35)26(28(34)31(30(32)36)23-6-4-3-5-7-23)18-25-16-17-27(37-25)22-12-10-21(11-13-22)20(2)33/h3-18H,1-2H3/b26-18+. The van der Waals surface area contributed by atoms with Gasteiger partial charge in [-0.05, 0) is 56.3 Å². The van der Waals surface area contributed by atoms with Crippen LogP contribution in [-0.2, 0) is 9.59 Å². The van der Waals surface area contributed by atoms with E-state index < -0.39 is 17.8 Å². The van der Waals surface area contributed by atoms with Gasteiger partial charge in [-0.1, -0.05) is 60.2 Å². The lowest BCUT2D eigenvalue weighted by molar-refractivity contribution is -0.121. The highest BCUT2D eigenvalue weighted by atomic mass is 16.3. The Hall–Kier alpha value is -5.04. The first-order valence-electron chi connectivity index (χ1n) is 11.6. The maximum atomic E-state index is 13.5. The number of ketones is 1. The molecule has 182 valence electrons. The Kier molecular flexibility index (Phi) is 6.11. The van der Waals surface area contributed by atoms with E-state index in [0.29, 0.717) is 22.7 Å². The predicted molar refractivity (Wildman–Crippen MR) is 140 cm³/mol. The van der Waals surface area contributed by atoms with Crippen molar-refractivity contribution in [1.82, 2.24) is 0 Å². The second-order valence-corrected chi connectivity index (χ2v) is 8.63. The largest absolute Gasteiger partial charge is 0.457 e. The average molecular weight is 491 g/mol. The highest BCUT2D eigenvalue weighted by Crippen LogP contribution is 2.31. The minimum Gasteiger partial charge on any atom is -0.457 e. The number of amides is 4. The molecule has 0 bridgehead atoms. The number of carbonyl (C=O) groups is 4. The summed E-state index contributed by atoms with van der Waals surface area (Å²) in [4.78, 5) is 53.9. The van der Waals surface area contributed by atoms with Gasteiger partial charge < -0.3 is 4.42 Å². The number of aryl methyl sites for hydroxylation is 1. The molecule has 37 heavy (non-hydrogen) atoms. The van der Waals surface area contributed by atoms with Crippen LogP contribution in [0.2, 0.25) is 0 Å². The summed E-state index contributed by atoms with van der Waals surface area (Å²) < 4.78 is 5.91. The third-order valence-electron chi connectivity index (χ3n) is 6.05. The zero-order valence-electron chi connectivity index (χ0n) is 20.2. The number of rotatable bonds is 5. The van der Waals surface area contributed by atoms with E-state index in [4.69, 9.17) is 4.42 Å². The van der Waals surface area contributed by atoms with Crippen LogP contribution in [0, 0.1) is 6.92 Å². The fraction of sp³-hybridized carbons (Fsp3) is 0.0667. The Morgan fingerprint density at radius 1 is 0.730 bits per heavy atom. The fourth-order valence-corrected chi connectivity index (χ4v) is 4.05. The summed E-state index contributed by atoms with van der Waals surface area (Å²) in [5, 5.41) is 0. The van der Waals surface area contributed by atoms with Crippen molar-refractivity contribution in [2.45, 2.75) is 13.8 Å². The highest BCUT2D eigenvalue weighted by molar-refractivity contribution is 6.46. The van der Waals surface area contributed by atoms with Gasteiger partial charge in [0, 0.05) is 11.1 Å². The maximum absolute atomic E-state index is 13.5. The van der Waals surface area contributed by atoms with Crippen molar-refractivity contribution in [3.8, 4) is 11.3 Å². The molecule has 0 aliphatic carbocycles. The lowest BCUT2D eigenvalue weighted by Crippen LogP contribution is -2.57. The molecule has 4 aromatic rings. The molecule has 1 aliphatic heterocycles. The molecule has 3 aromatic carbocycles. The van der Waals surface area contributed by atoms with Gasteiger partial charge in [-0.2, -0.15) is 0 Å². The monoisotopic (exact) mass is 490 g/mol. The van der Waals surface area contributed by atoms with E-state index in [1.165, 1.54) is 13.0 Å². The van der Waals surface area contributed by atoms with Gasteiger partial charge in [0.05, 0.1) is 11.4 Å². The number of nitrogens with zero attached hydrogens (tertiary/aromatic N) is 2. The van der Waals surface area contributed by atoms with Gasteiger partial charge in [0.25, 0.3) is 11.8 Å². The van der Waals surface area contributed by atoms with Gasteiger partial charge in [0.2, 0.25) is 0 Å². The number of anilines is 2. The van der Waals surface area contributed by atoms with Gasteiger partial charge in [-0.15, -0.1) is 0 Å². The molecule has 0 saturated carbocycles. The minimum absolute atomic E-state index is 0.0404. The number of carbonyl (C=O) groups excluding carboxylic acids is 4. The van der Waals surface area contributed by atoms with E-state index in [-0.39, 0.29) is 17.1 Å². The SMILES string of the molecule is CC(=O)c1ccc(-c2ccc(/C=C3\C(=O)N(c4ccccc4)C(=O)N(c4ccc(C)cc4)C3=O)o2)cc1. The number of benzene rings is 3. The predicted octanol–water partition coefficient (Wildman–Crippen LogP) is 6.04. The molecule has 0 unspecified atom stereocenters. The highest BCUT2D eigenvalue weighted by Gasteiger charge is 2.43. The molecule has 5 rings (SSSR count). The summed E-state index contributed by atoms with van der Waals surface area (Å²) in [7, 11) is 0. The molecule has 1 aliphatic rings. The number of furan rings is 1.